The molecule has 2 aromatic carbocycles. The van der Waals surface area contributed by atoms with Crippen LogP contribution in [0.25, 0.3) is 33.3 Å². The van der Waals surface area contributed by atoms with Crippen LogP contribution in [0.2, 0.25) is 0 Å². The summed E-state index contributed by atoms with van der Waals surface area (Å²) < 4.78 is 17.0. The second kappa shape index (κ2) is 7.59. The zero-order valence-electron chi connectivity index (χ0n) is 16.9. The first-order valence-corrected chi connectivity index (χ1v) is 10.5. The van der Waals surface area contributed by atoms with Gasteiger partial charge in [-0.2, -0.15) is 0 Å². The second-order valence-electron chi connectivity index (χ2n) is 7.86. The van der Waals surface area contributed by atoms with Gasteiger partial charge in [-0.1, -0.05) is 12.1 Å². The van der Waals surface area contributed by atoms with Crippen molar-refractivity contribution >= 4 is 10.9 Å². The Morgan fingerprint density at radius 3 is 2.84 bits per heavy atom. The number of aromatic nitrogens is 3. The van der Waals surface area contributed by atoms with Gasteiger partial charge in [0, 0.05) is 29.2 Å². The second-order valence-corrected chi connectivity index (χ2v) is 7.86. The third kappa shape index (κ3) is 3.47. The molecular weight excluding hydrogens is 392 g/mol. The number of H-pyrrole nitrogens is 1. The summed E-state index contributed by atoms with van der Waals surface area (Å²) >= 11 is 0. The van der Waals surface area contributed by atoms with Crippen LogP contribution in [0.1, 0.15) is 12.8 Å². The third-order valence-corrected chi connectivity index (χ3v) is 5.82. The number of nitrogens with zero attached hydrogens (tertiary/aromatic N) is 2. The summed E-state index contributed by atoms with van der Waals surface area (Å²) in [5.74, 6) is 2.12. The SMILES string of the molecule is c1cc2c(cc1-c1ccc3[nH]cc(-c4cncc(OC5CCCNC5)n4)c3c1)OCO2. The molecule has 2 aromatic heterocycles. The molecule has 2 aliphatic rings. The van der Waals surface area contributed by atoms with Crippen LogP contribution in [0, 0.1) is 0 Å². The van der Waals surface area contributed by atoms with Gasteiger partial charge < -0.3 is 24.5 Å². The third-order valence-electron chi connectivity index (χ3n) is 5.82. The lowest BCUT2D eigenvalue weighted by atomic mass is 10.0. The normalized spacial score (nSPS) is 17.7. The van der Waals surface area contributed by atoms with Crippen molar-refractivity contribution in [2.24, 2.45) is 0 Å². The molecule has 2 N–H and O–H groups in total. The number of rotatable bonds is 4. The molecule has 0 spiro atoms. The average Bonchev–Trinajstić information content (AvgIpc) is 3.46. The van der Waals surface area contributed by atoms with Crippen LogP contribution in [-0.4, -0.2) is 40.9 Å². The fraction of sp³-hybridized carbons (Fsp3) is 0.250. The van der Waals surface area contributed by atoms with E-state index in [4.69, 9.17) is 19.2 Å². The van der Waals surface area contributed by atoms with Gasteiger partial charge in [0.25, 0.3) is 0 Å². The Hall–Kier alpha value is -3.58. The Labute approximate surface area is 179 Å². The number of aromatic amines is 1. The van der Waals surface area contributed by atoms with E-state index in [1.54, 1.807) is 12.4 Å². The van der Waals surface area contributed by atoms with Gasteiger partial charge in [-0.15, -0.1) is 0 Å². The number of piperidine rings is 1. The summed E-state index contributed by atoms with van der Waals surface area (Å²) in [7, 11) is 0. The molecule has 0 saturated carbocycles. The molecule has 6 rings (SSSR count). The highest BCUT2D eigenvalue weighted by Gasteiger charge is 2.17. The van der Waals surface area contributed by atoms with Crippen LogP contribution in [0.3, 0.4) is 0 Å². The number of hydrogen-bond donors (Lipinski definition) is 2. The fourth-order valence-corrected chi connectivity index (χ4v) is 4.21. The molecule has 0 radical (unpaired) electrons. The monoisotopic (exact) mass is 414 g/mol. The van der Waals surface area contributed by atoms with Crippen molar-refractivity contribution in [1.29, 1.82) is 0 Å². The Kier molecular flexibility index (Phi) is 4.46. The average molecular weight is 414 g/mol. The van der Waals surface area contributed by atoms with Crippen molar-refractivity contribution in [3.05, 3.63) is 55.0 Å². The summed E-state index contributed by atoms with van der Waals surface area (Å²) in [6.07, 6.45) is 7.73. The predicted octanol–water partition coefficient (Wildman–Crippen LogP) is 4.15. The van der Waals surface area contributed by atoms with Crippen LogP contribution in [-0.2, 0) is 0 Å². The molecule has 1 atom stereocenters. The van der Waals surface area contributed by atoms with Crippen molar-refractivity contribution < 1.29 is 14.2 Å². The molecule has 4 heterocycles. The molecule has 0 bridgehead atoms. The van der Waals surface area contributed by atoms with E-state index in [0.717, 1.165) is 70.7 Å². The Balaban J connectivity index is 1.34. The minimum absolute atomic E-state index is 0.138. The lowest BCUT2D eigenvalue weighted by molar-refractivity contribution is 0.160. The molecule has 0 amide bonds. The largest absolute Gasteiger partial charge is 0.472 e. The quantitative estimate of drug-likeness (QED) is 0.522. The first-order valence-electron chi connectivity index (χ1n) is 10.5. The lowest BCUT2D eigenvalue weighted by Crippen LogP contribution is -2.37. The molecule has 7 nitrogen and oxygen atoms in total. The smallest absolute Gasteiger partial charge is 0.233 e. The Morgan fingerprint density at radius 2 is 1.90 bits per heavy atom. The first-order chi connectivity index (χ1) is 15.3. The van der Waals surface area contributed by atoms with Crippen molar-refractivity contribution in [3.8, 4) is 39.8 Å². The molecule has 0 aliphatic carbocycles. The lowest BCUT2D eigenvalue weighted by Gasteiger charge is -2.23. The fourth-order valence-electron chi connectivity index (χ4n) is 4.21. The van der Waals surface area contributed by atoms with Crippen molar-refractivity contribution in [2.45, 2.75) is 18.9 Å². The van der Waals surface area contributed by atoms with E-state index in [0.29, 0.717) is 5.88 Å². The van der Waals surface area contributed by atoms with E-state index in [-0.39, 0.29) is 12.9 Å². The number of hydrogen-bond acceptors (Lipinski definition) is 6. The zero-order valence-corrected chi connectivity index (χ0v) is 16.9. The van der Waals surface area contributed by atoms with Crippen LogP contribution in [0.4, 0.5) is 0 Å². The van der Waals surface area contributed by atoms with Gasteiger partial charge in [0.05, 0.1) is 18.1 Å². The maximum Gasteiger partial charge on any atom is 0.233 e. The zero-order chi connectivity index (χ0) is 20.6. The van der Waals surface area contributed by atoms with Gasteiger partial charge in [0.2, 0.25) is 12.7 Å². The van der Waals surface area contributed by atoms with Crippen LogP contribution in [0.5, 0.6) is 17.4 Å². The predicted molar refractivity (Wildman–Crippen MR) is 117 cm³/mol. The van der Waals surface area contributed by atoms with Gasteiger partial charge >= 0.3 is 0 Å². The maximum atomic E-state index is 6.07. The molecule has 31 heavy (non-hydrogen) atoms. The number of benzene rings is 2. The number of fused-ring (bicyclic) bond motifs is 2. The summed E-state index contributed by atoms with van der Waals surface area (Å²) in [6, 6.07) is 12.4. The molecular formula is C24H22N4O3. The van der Waals surface area contributed by atoms with Gasteiger partial charge in [-0.3, -0.25) is 4.98 Å². The number of ether oxygens (including phenoxy) is 3. The molecule has 1 unspecified atom stereocenters. The molecule has 1 saturated heterocycles. The summed E-state index contributed by atoms with van der Waals surface area (Å²) in [5.41, 5.74) is 5.00. The molecule has 4 aromatic rings. The van der Waals surface area contributed by atoms with E-state index < -0.39 is 0 Å². The maximum absolute atomic E-state index is 6.07. The summed E-state index contributed by atoms with van der Waals surface area (Å²) in [4.78, 5) is 12.5. The minimum Gasteiger partial charge on any atom is -0.472 e. The highest BCUT2D eigenvalue weighted by molar-refractivity contribution is 5.97. The first kappa shape index (κ1) is 18.2. The van der Waals surface area contributed by atoms with Crippen molar-refractivity contribution in [1.82, 2.24) is 20.3 Å². The van der Waals surface area contributed by atoms with Gasteiger partial charge in [0.1, 0.15) is 6.10 Å². The summed E-state index contributed by atoms with van der Waals surface area (Å²) in [6.45, 7) is 2.16. The Morgan fingerprint density at radius 1 is 1.00 bits per heavy atom. The molecule has 2 aliphatic heterocycles. The van der Waals surface area contributed by atoms with E-state index in [2.05, 4.69) is 33.5 Å². The van der Waals surface area contributed by atoms with Crippen molar-refractivity contribution in [3.63, 3.8) is 0 Å². The number of nitrogens with one attached hydrogen (secondary N) is 2. The highest BCUT2D eigenvalue weighted by Crippen LogP contribution is 2.37. The van der Waals surface area contributed by atoms with E-state index in [1.807, 2.05) is 24.4 Å². The summed E-state index contributed by atoms with van der Waals surface area (Å²) in [5, 5.41) is 4.45. The Bertz CT molecular complexity index is 1250. The van der Waals surface area contributed by atoms with Gasteiger partial charge in [-0.05, 0) is 54.8 Å². The van der Waals surface area contributed by atoms with Crippen LogP contribution >= 0.6 is 0 Å². The van der Waals surface area contributed by atoms with Gasteiger partial charge in [0.15, 0.2) is 11.5 Å². The molecule has 156 valence electrons. The van der Waals surface area contributed by atoms with Gasteiger partial charge in [-0.25, -0.2) is 4.98 Å². The molecule has 7 heteroatoms. The van der Waals surface area contributed by atoms with Crippen molar-refractivity contribution in [2.75, 3.05) is 19.9 Å². The van der Waals surface area contributed by atoms with Crippen LogP contribution in [0.15, 0.2) is 55.0 Å². The van der Waals surface area contributed by atoms with E-state index in [1.165, 1.54) is 0 Å². The standard InChI is InChI=1S/C24H22N4O3/c1-2-17(10-25-7-1)31-24-13-26-12-21(28-24)19-11-27-20-5-3-15(8-18(19)20)16-4-6-22-23(9-16)30-14-29-22/h3-6,8-9,11-13,17,25,27H,1-2,7,10,14H2. The molecule has 1 fully saturated rings. The van der Waals surface area contributed by atoms with E-state index >= 15 is 0 Å². The minimum atomic E-state index is 0.138. The topological polar surface area (TPSA) is 81.3 Å². The van der Waals surface area contributed by atoms with Crippen LogP contribution < -0.4 is 19.5 Å². The highest BCUT2D eigenvalue weighted by atomic mass is 16.7. The van der Waals surface area contributed by atoms with E-state index in [9.17, 15) is 0 Å².